The highest BCUT2D eigenvalue weighted by Crippen LogP contribution is 2.38. The lowest BCUT2D eigenvalue weighted by Crippen LogP contribution is -2.31. The zero-order valence-electron chi connectivity index (χ0n) is 20.3. The summed E-state index contributed by atoms with van der Waals surface area (Å²) in [6, 6.07) is 8.65. The Morgan fingerprint density at radius 3 is 2.64 bits per heavy atom. The number of amides is 1. The van der Waals surface area contributed by atoms with Crippen LogP contribution in [0.3, 0.4) is 0 Å². The lowest BCUT2D eigenvalue weighted by molar-refractivity contribution is 0.102. The SMILES string of the molecule is COCCOc1cc(F)c(-c2cccc(C(=O)Nc3cnccc3[C@@H]3C[C@H](C)C[C@@H](N)C3)n2)c(F)c1. The fraction of sp³-hybridized carbons (Fsp3) is 0.370. The molecule has 2 heterocycles. The average molecular weight is 497 g/mol. The first kappa shape index (κ1) is 25.7. The topological polar surface area (TPSA) is 99.4 Å². The van der Waals surface area contributed by atoms with Gasteiger partial charge in [0.2, 0.25) is 0 Å². The summed E-state index contributed by atoms with van der Waals surface area (Å²) in [5, 5.41) is 2.88. The molecule has 0 unspecified atom stereocenters. The van der Waals surface area contributed by atoms with Crippen LogP contribution in [0.5, 0.6) is 5.75 Å². The molecule has 3 N–H and O–H groups in total. The maximum atomic E-state index is 14.8. The fourth-order valence-corrected chi connectivity index (χ4v) is 4.78. The van der Waals surface area contributed by atoms with Gasteiger partial charge in [0.05, 0.1) is 29.7 Å². The molecule has 1 fully saturated rings. The van der Waals surface area contributed by atoms with E-state index in [1.165, 1.54) is 25.3 Å². The molecule has 1 aromatic carbocycles. The second kappa shape index (κ2) is 11.5. The van der Waals surface area contributed by atoms with Crippen LogP contribution in [0.4, 0.5) is 14.5 Å². The van der Waals surface area contributed by atoms with Crippen molar-refractivity contribution in [2.24, 2.45) is 11.7 Å². The van der Waals surface area contributed by atoms with Gasteiger partial charge in [-0.1, -0.05) is 13.0 Å². The molecule has 190 valence electrons. The van der Waals surface area contributed by atoms with E-state index in [2.05, 4.69) is 22.2 Å². The number of benzene rings is 1. The predicted octanol–water partition coefficient (Wildman–Crippen LogP) is 4.93. The van der Waals surface area contributed by atoms with Crippen molar-refractivity contribution in [2.45, 2.75) is 38.1 Å². The third-order valence-electron chi connectivity index (χ3n) is 6.33. The number of nitrogens with one attached hydrogen (secondary N) is 1. The molecule has 1 aliphatic carbocycles. The number of anilines is 1. The number of hydrogen-bond acceptors (Lipinski definition) is 6. The predicted molar refractivity (Wildman–Crippen MR) is 133 cm³/mol. The number of ether oxygens (including phenoxy) is 2. The van der Waals surface area contributed by atoms with Gasteiger partial charge in [0.25, 0.3) is 5.91 Å². The molecule has 9 heteroatoms. The van der Waals surface area contributed by atoms with Crippen molar-refractivity contribution in [2.75, 3.05) is 25.6 Å². The quantitative estimate of drug-likeness (QED) is 0.429. The van der Waals surface area contributed by atoms with Crippen molar-refractivity contribution in [1.82, 2.24) is 9.97 Å². The number of methoxy groups -OCH3 is 1. The number of nitrogens with two attached hydrogens (primary N) is 1. The Balaban J connectivity index is 1.55. The Bertz CT molecular complexity index is 1190. The van der Waals surface area contributed by atoms with Crippen LogP contribution >= 0.6 is 0 Å². The largest absolute Gasteiger partial charge is 0.491 e. The van der Waals surface area contributed by atoms with Gasteiger partial charge in [-0.05, 0) is 54.9 Å². The van der Waals surface area contributed by atoms with Gasteiger partial charge in [0.15, 0.2) is 0 Å². The number of rotatable bonds is 8. The molecule has 1 amide bonds. The van der Waals surface area contributed by atoms with E-state index in [1.54, 1.807) is 12.4 Å². The molecule has 0 bridgehead atoms. The van der Waals surface area contributed by atoms with E-state index < -0.39 is 17.5 Å². The van der Waals surface area contributed by atoms with Gasteiger partial charge in [0.1, 0.15) is 29.7 Å². The van der Waals surface area contributed by atoms with Crippen LogP contribution in [0.2, 0.25) is 0 Å². The molecule has 3 aromatic rings. The minimum Gasteiger partial charge on any atom is -0.491 e. The second-order valence-electron chi connectivity index (χ2n) is 9.20. The van der Waals surface area contributed by atoms with Crippen LogP contribution in [0.1, 0.15) is 48.2 Å². The second-order valence-corrected chi connectivity index (χ2v) is 9.20. The Labute approximate surface area is 209 Å². The lowest BCUT2D eigenvalue weighted by Gasteiger charge is -2.32. The van der Waals surface area contributed by atoms with E-state index in [0.717, 1.165) is 37.0 Å². The van der Waals surface area contributed by atoms with Gasteiger partial charge in [-0.2, -0.15) is 0 Å². The number of carbonyl (C=O) groups excluding carboxylic acids is 1. The first-order valence-corrected chi connectivity index (χ1v) is 11.9. The molecule has 0 saturated heterocycles. The summed E-state index contributed by atoms with van der Waals surface area (Å²) in [6.07, 6.45) is 6.08. The van der Waals surface area contributed by atoms with Crippen molar-refractivity contribution in [3.8, 4) is 17.0 Å². The van der Waals surface area contributed by atoms with Gasteiger partial charge in [-0.15, -0.1) is 0 Å². The maximum absolute atomic E-state index is 14.8. The smallest absolute Gasteiger partial charge is 0.274 e. The highest BCUT2D eigenvalue weighted by atomic mass is 19.1. The number of halogens is 2. The van der Waals surface area contributed by atoms with E-state index in [0.29, 0.717) is 11.6 Å². The summed E-state index contributed by atoms with van der Waals surface area (Å²) >= 11 is 0. The molecular weight excluding hydrogens is 466 g/mol. The number of carbonyl (C=O) groups is 1. The molecule has 0 spiro atoms. The van der Waals surface area contributed by atoms with Crippen LogP contribution in [-0.4, -0.2) is 42.2 Å². The van der Waals surface area contributed by atoms with Gasteiger partial charge < -0.3 is 20.5 Å². The summed E-state index contributed by atoms with van der Waals surface area (Å²) in [5.41, 5.74) is 7.48. The highest BCUT2D eigenvalue weighted by Gasteiger charge is 2.27. The van der Waals surface area contributed by atoms with Crippen LogP contribution in [0.25, 0.3) is 11.3 Å². The molecule has 1 aliphatic rings. The minimum atomic E-state index is -0.843. The number of hydrogen-bond donors (Lipinski definition) is 2. The standard InChI is InChI=1S/C27H30F2N4O3/c1-16-10-17(12-18(30)11-16)20-6-7-31-15-25(20)33-27(34)24-5-3-4-23(32-24)26-21(28)13-19(14-22(26)29)36-9-8-35-2/h3-7,13-18H,8-12,30H2,1-2H3,(H,33,34)/t16-,17+,18+/m0/s1. The molecule has 1 saturated carbocycles. The van der Waals surface area contributed by atoms with E-state index in [-0.39, 0.29) is 47.9 Å². The average Bonchev–Trinajstić information content (AvgIpc) is 2.84. The van der Waals surface area contributed by atoms with Gasteiger partial charge in [-0.3, -0.25) is 9.78 Å². The monoisotopic (exact) mass is 496 g/mol. The summed E-state index contributed by atoms with van der Waals surface area (Å²) < 4.78 is 39.8. The lowest BCUT2D eigenvalue weighted by atomic mass is 9.76. The molecule has 7 nitrogen and oxygen atoms in total. The Morgan fingerprint density at radius 1 is 1.14 bits per heavy atom. The molecule has 36 heavy (non-hydrogen) atoms. The van der Waals surface area contributed by atoms with E-state index in [1.807, 2.05) is 6.07 Å². The summed E-state index contributed by atoms with van der Waals surface area (Å²) in [6.45, 7) is 2.62. The normalized spacial score (nSPS) is 19.6. The fourth-order valence-electron chi connectivity index (χ4n) is 4.78. The molecule has 2 aromatic heterocycles. The molecule has 3 atom stereocenters. The van der Waals surface area contributed by atoms with Crippen molar-refractivity contribution in [1.29, 1.82) is 0 Å². The molecule has 4 rings (SSSR count). The highest BCUT2D eigenvalue weighted by molar-refractivity contribution is 6.03. The summed E-state index contributed by atoms with van der Waals surface area (Å²) in [5.74, 6) is -1.46. The number of nitrogens with zero attached hydrogens (tertiary/aromatic N) is 2. The third kappa shape index (κ3) is 6.03. The van der Waals surface area contributed by atoms with E-state index in [9.17, 15) is 13.6 Å². The maximum Gasteiger partial charge on any atom is 0.274 e. The summed E-state index contributed by atoms with van der Waals surface area (Å²) in [4.78, 5) is 21.5. The number of pyridine rings is 2. The zero-order chi connectivity index (χ0) is 25.7. The molecular formula is C27H30F2N4O3. The van der Waals surface area contributed by atoms with Crippen molar-refractivity contribution < 1.29 is 23.0 Å². The van der Waals surface area contributed by atoms with Crippen molar-refractivity contribution in [3.63, 3.8) is 0 Å². The first-order valence-electron chi connectivity index (χ1n) is 11.9. The van der Waals surface area contributed by atoms with Crippen LogP contribution in [0.15, 0.2) is 48.8 Å². The first-order chi connectivity index (χ1) is 17.4. The van der Waals surface area contributed by atoms with E-state index >= 15 is 0 Å². The Kier molecular flexibility index (Phi) is 8.22. The molecule has 0 aliphatic heterocycles. The number of aromatic nitrogens is 2. The van der Waals surface area contributed by atoms with Crippen LogP contribution < -0.4 is 15.8 Å². The van der Waals surface area contributed by atoms with Crippen LogP contribution in [0, 0.1) is 17.6 Å². The molecule has 0 radical (unpaired) electrons. The summed E-state index contributed by atoms with van der Waals surface area (Å²) in [7, 11) is 1.50. The van der Waals surface area contributed by atoms with Crippen molar-refractivity contribution >= 4 is 11.6 Å². The third-order valence-corrected chi connectivity index (χ3v) is 6.33. The van der Waals surface area contributed by atoms with Crippen molar-refractivity contribution in [3.05, 3.63) is 71.7 Å². The Hall–Kier alpha value is -3.43. The van der Waals surface area contributed by atoms with Gasteiger partial charge in [-0.25, -0.2) is 13.8 Å². The van der Waals surface area contributed by atoms with E-state index in [4.69, 9.17) is 15.2 Å². The Morgan fingerprint density at radius 2 is 1.92 bits per heavy atom. The zero-order valence-corrected chi connectivity index (χ0v) is 20.3. The van der Waals surface area contributed by atoms with Gasteiger partial charge >= 0.3 is 0 Å². The minimum absolute atomic E-state index is 0.000388. The van der Waals surface area contributed by atoms with Crippen LogP contribution in [-0.2, 0) is 4.74 Å². The van der Waals surface area contributed by atoms with Gasteiger partial charge in [0, 0.05) is 31.5 Å².